The number of fused-ring (bicyclic) bond motifs is 1. The van der Waals surface area contributed by atoms with Crippen LogP contribution < -0.4 is 0 Å². The van der Waals surface area contributed by atoms with Gasteiger partial charge in [-0.3, -0.25) is 4.90 Å². The molecule has 1 amide bonds. The fourth-order valence-electron chi connectivity index (χ4n) is 2.46. The van der Waals surface area contributed by atoms with Crippen LogP contribution in [0, 0.1) is 0 Å². The zero-order valence-corrected chi connectivity index (χ0v) is 14.5. The minimum absolute atomic E-state index is 0.548. The monoisotopic (exact) mass is 317 g/mol. The van der Waals surface area contributed by atoms with Gasteiger partial charge in [-0.2, -0.15) is 0 Å². The Kier molecular flexibility index (Phi) is 4.20. The van der Waals surface area contributed by atoms with Crippen LogP contribution in [-0.2, 0) is 22.1 Å². The maximum Gasteiger partial charge on any atom is 0.411 e. The molecule has 0 aliphatic carbocycles. The molecule has 2 aromatic rings. The number of pyridine rings is 1. The molecule has 0 fully saturated rings. The number of hydrogen-bond acceptors (Lipinski definition) is 4. The summed E-state index contributed by atoms with van der Waals surface area (Å²) in [4.78, 5) is 30.0. The first-order valence-corrected chi connectivity index (χ1v) is 7.44. The van der Waals surface area contributed by atoms with E-state index in [4.69, 9.17) is 4.74 Å². The van der Waals surface area contributed by atoms with Crippen molar-refractivity contribution in [3.05, 3.63) is 30.1 Å². The Balaban J connectivity index is 2.51. The van der Waals surface area contributed by atoms with Gasteiger partial charge in [0.25, 0.3) is 0 Å². The quantitative estimate of drug-likeness (QED) is 0.817. The Bertz CT molecular complexity index is 745. The van der Waals surface area contributed by atoms with E-state index in [1.807, 2.05) is 29.9 Å². The van der Waals surface area contributed by atoms with E-state index < -0.39 is 17.2 Å². The normalized spacial score (nSPS) is 14.3. The average Bonchev–Trinajstić information content (AvgIpc) is 2.82. The van der Waals surface area contributed by atoms with Crippen molar-refractivity contribution in [1.29, 1.82) is 0 Å². The van der Waals surface area contributed by atoms with Crippen LogP contribution >= 0.6 is 0 Å². The van der Waals surface area contributed by atoms with Gasteiger partial charge in [0.2, 0.25) is 0 Å². The molecule has 0 aliphatic heterocycles. The van der Waals surface area contributed by atoms with Crippen LogP contribution in [0.15, 0.2) is 24.5 Å². The molecular formula is C17H23N3O3. The summed E-state index contributed by atoms with van der Waals surface area (Å²) in [5.41, 5.74) is -0.306. The topological polar surface area (TPSA) is 64.4 Å². The van der Waals surface area contributed by atoms with Gasteiger partial charge in [0.1, 0.15) is 23.1 Å². The van der Waals surface area contributed by atoms with E-state index in [9.17, 15) is 9.59 Å². The lowest BCUT2D eigenvalue weighted by atomic mass is 9.92. The maximum atomic E-state index is 12.4. The standard InChI is InChI=1S/C17H23N3O3/c1-16(2,3)23-15(22)20(6)17(4,11-21)13-10-19(5)14-12(13)8-7-9-18-14/h7-11H,1-6H3. The predicted octanol–water partition coefficient (Wildman–Crippen LogP) is 2.85. The van der Waals surface area contributed by atoms with Crippen molar-refractivity contribution >= 4 is 23.4 Å². The maximum absolute atomic E-state index is 12.4. The number of aldehydes is 1. The number of nitrogens with zero attached hydrogens (tertiary/aromatic N) is 3. The smallest absolute Gasteiger partial charge is 0.411 e. The van der Waals surface area contributed by atoms with E-state index in [0.29, 0.717) is 5.56 Å². The molecule has 2 heterocycles. The minimum atomic E-state index is -1.15. The Morgan fingerprint density at radius 1 is 1.35 bits per heavy atom. The van der Waals surface area contributed by atoms with Crippen LogP contribution in [-0.4, -0.2) is 39.5 Å². The summed E-state index contributed by atoms with van der Waals surface area (Å²) in [6, 6.07) is 3.70. The van der Waals surface area contributed by atoms with Gasteiger partial charge in [0.05, 0.1) is 0 Å². The van der Waals surface area contributed by atoms with Crippen molar-refractivity contribution in [2.24, 2.45) is 7.05 Å². The molecule has 0 spiro atoms. The molecule has 2 aromatic heterocycles. The molecule has 0 radical (unpaired) electrons. The molecular weight excluding hydrogens is 294 g/mol. The fraction of sp³-hybridized carbons (Fsp3) is 0.471. The number of hydrogen-bond donors (Lipinski definition) is 0. The summed E-state index contributed by atoms with van der Waals surface area (Å²) in [5.74, 6) is 0. The molecule has 23 heavy (non-hydrogen) atoms. The molecule has 124 valence electrons. The Labute approximate surface area is 136 Å². The zero-order chi connectivity index (χ0) is 17.4. The van der Waals surface area contributed by atoms with Crippen LogP contribution in [0.4, 0.5) is 4.79 Å². The van der Waals surface area contributed by atoms with Crippen LogP contribution in [0.5, 0.6) is 0 Å². The number of rotatable bonds is 3. The SMILES string of the molecule is CN(C(=O)OC(C)(C)C)C(C)(C=O)c1cn(C)c2ncccc12. The number of aryl methyl sites for hydroxylation is 1. The molecule has 0 saturated heterocycles. The highest BCUT2D eigenvalue weighted by Gasteiger charge is 2.39. The van der Waals surface area contributed by atoms with E-state index in [2.05, 4.69) is 4.98 Å². The lowest BCUT2D eigenvalue weighted by Crippen LogP contribution is -2.48. The summed E-state index contributed by atoms with van der Waals surface area (Å²) in [7, 11) is 3.43. The number of carbonyl (C=O) groups excluding carboxylic acids is 2. The van der Waals surface area contributed by atoms with Crippen LogP contribution in [0.3, 0.4) is 0 Å². The molecule has 1 atom stereocenters. The Morgan fingerprint density at radius 2 is 2.00 bits per heavy atom. The van der Waals surface area contributed by atoms with E-state index in [1.165, 1.54) is 4.90 Å². The molecule has 0 N–H and O–H groups in total. The minimum Gasteiger partial charge on any atom is -0.444 e. The van der Waals surface area contributed by atoms with Gasteiger partial charge < -0.3 is 14.1 Å². The zero-order valence-electron chi connectivity index (χ0n) is 14.5. The van der Waals surface area contributed by atoms with Crippen LogP contribution in [0.1, 0.15) is 33.3 Å². The average molecular weight is 317 g/mol. The van der Waals surface area contributed by atoms with Gasteiger partial charge in [0.15, 0.2) is 0 Å². The highest BCUT2D eigenvalue weighted by atomic mass is 16.6. The second-order valence-electron chi connectivity index (χ2n) is 6.83. The van der Waals surface area contributed by atoms with Gasteiger partial charge in [-0.05, 0) is 39.8 Å². The molecule has 0 bridgehead atoms. The van der Waals surface area contributed by atoms with Crippen molar-refractivity contribution in [2.45, 2.75) is 38.8 Å². The van der Waals surface area contributed by atoms with Crippen molar-refractivity contribution in [1.82, 2.24) is 14.5 Å². The number of likely N-dealkylation sites (N-methyl/N-ethyl adjacent to an activating group) is 1. The molecule has 1 unspecified atom stereocenters. The van der Waals surface area contributed by atoms with E-state index in [1.54, 1.807) is 40.9 Å². The van der Waals surface area contributed by atoms with Crippen molar-refractivity contribution in [3.63, 3.8) is 0 Å². The first-order valence-electron chi connectivity index (χ1n) is 7.44. The number of aromatic nitrogens is 2. The summed E-state index contributed by atoms with van der Waals surface area (Å²) in [5, 5.41) is 0.833. The third-order valence-electron chi connectivity index (χ3n) is 3.87. The number of carbonyl (C=O) groups is 2. The summed E-state index contributed by atoms with van der Waals surface area (Å²) in [6.07, 6.45) is 3.74. The van der Waals surface area contributed by atoms with E-state index >= 15 is 0 Å². The van der Waals surface area contributed by atoms with Gasteiger partial charge >= 0.3 is 6.09 Å². The van der Waals surface area contributed by atoms with Crippen molar-refractivity contribution in [2.75, 3.05) is 7.05 Å². The largest absolute Gasteiger partial charge is 0.444 e. The lowest BCUT2D eigenvalue weighted by Gasteiger charge is -2.35. The molecule has 0 saturated carbocycles. The summed E-state index contributed by atoms with van der Waals surface area (Å²) < 4.78 is 7.24. The third-order valence-corrected chi connectivity index (χ3v) is 3.87. The first-order chi connectivity index (χ1) is 10.6. The summed E-state index contributed by atoms with van der Waals surface area (Å²) in [6.45, 7) is 7.07. The van der Waals surface area contributed by atoms with Crippen molar-refractivity contribution < 1.29 is 14.3 Å². The van der Waals surface area contributed by atoms with E-state index in [0.717, 1.165) is 17.3 Å². The van der Waals surface area contributed by atoms with Gasteiger partial charge in [-0.15, -0.1) is 0 Å². The van der Waals surface area contributed by atoms with Crippen LogP contribution in [0.2, 0.25) is 0 Å². The highest BCUT2D eigenvalue weighted by molar-refractivity contribution is 5.88. The van der Waals surface area contributed by atoms with Crippen molar-refractivity contribution in [3.8, 4) is 0 Å². The summed E-state index contributed by atoms with van der Waals surface area (Å²) >= 11 is 0. The highest BCUT2D eigenvalue weighted by Crippen LogP contribution is 2.32. The van der Waals surface area contributed by atoms with E-state index in [-0.39, 0.29) is 0 Å². The first kappa shape index (κ1) is 17.0. The predicted molar refractivity (Wildman–Crippen MR) is 88.1 cm³/mol. The lowest BCUT2D eigenvalue weighted by molar-refractivity contribution is -0.117. The molecule has 2 rings (SSSR count). The number of amides is 1. The van der Waals surface area contributed by atoms with Gasteiger partial charge in [0, 0.05) is 37.4 Å². The molecule has 0 aliphatic rings. The Hall–Kier alpha value is -2.37. The van der Waals surface area contributed by atoms with Gasteiger partial charge in [-0.1, -0.05) is 0 Å². The van der Waals surface area contributed by atoms with Gasteiger partial charge in [-0.25, -0.2) is 9.78 Å². The Morgan fingerprint density at radius 3 is 2.57 bits per heavy atom. The second-order valence-corrected chi connectivity index (χ2v) is 6.83. The molecule has 6 nitrogen and oxygen atoms in total. The molecule has 6 heteroatoms. The number of ether oxygens (including phenoxy) is 1. The third kappa shape index (κ3) is 3.06. The second kappa shape index (κ2) is 5.68. The fourth-order valence-corrected chi connectivity index (χ4v) is 2.46. The van der Waals surface area contributed by atoms with Crippen LogP contribution in [0.25, 0.3) is 11.0 Å². The molecule has 0 aromatic carbocycles.